The topological polar surface area (TPSA) is 94.1 Å². The zero-order valence-corrected chi connectivity index (χ0v) is 6.34. The molecule has 2 N–H and O–H groups in total. The van der Waals surface area contributed by atoms with Crippen LogP contribution >= 0.6 is 0 Å². The maximum absolute atomic E-state index is 10.8. The highest BCUT2D eigenvalue weighted by Gasteiger charge is 2.16. The number of primary amides is 1. The van der Waals surface area contributed by atoms with Crippen molar-refractivity contribution in [3.63, 3.8) is 0 Å². The summed E-state index contributed by atoms with van der Waals surface area (Å²) >= 11 is 0. The minimum Gasteiger partial charge on any atom is -0.350 e. The van der Waals surface area contributed by atoms with Crippen LogP contribution in [0.2, 0.25) is 0 Å². The van der Waals surface area contributed by atoms with Crippen LogP contribution in [0.1, 0.15) is 6.92 Å². The molecular weight excluding hydrogens is 162 g/mol. The summed E-state index contributed by atoms with van der Waals surface area (Å²) in [6.45, 7) is 1.20. The number of nitrogens with zero attached hydrogens (tertiary/aromatic N) is 4. The highest BCUT2D eigenvalue weighted by molar-refractivity contribution is 6.05. The molecule has 0 aliphatic heterocycles. The second kappa shape index (κ2) is 2.99. The van der Waals surface area contributed by atoms with E-state index in [0.29, 0.717) is 5.01 Å². The second-order valence-corrected chi connectivity index (χ2v) is 1.99. The van der Waals surface area contributed by atoms with Gasteiger partial charge in [-0.2, -0.15) is 0 Å². The highest BCUT2D eigenvalue weighted by atomic mass is 16.2. The van der Waals surface area contributed by atoms with Gasteiger partial charge in [-0.25, -0.2) is 4.79 Å². The normalized spacial score (nSPS) is 9.42. The maximum atomic E-state index is 10.8. The molecule has 1 heterocycles. The molecule has 0 aliphatic carbocycles. The molecule has 0 unspecified atom stereocenters. The van der Waals surface area contributed by atoms with Crippen molar-refractivity contribution in [3.8, 4) is 0 Å². The average molecular weight is 169 g/mol. The van der Waals surface area contributed by atoms with Gasteiger partial charge in [-0.3, -0.25) is 4.79 Å². The van der Waals surface area contributed by atoms with Crippen molar-refractivity contribution < 1.29 is 9.59 Å². The van der Waals surface area contributed by atoms with Crippen molar-refractivity contribution in [2.45, 2.75) is 6.92 Å². The van der Waals surface area contributed by atoms with E-state index in [1.165, 1.54) is 19.3 Å². The van der Waals surface area contributed by atoms with Crippen molar-refractivity contribution in [1.29, 1.82) is 0 Å². The van der Waals surface area contributed by atoms with Crippen molar-refractivity contribution >= 4 is 11.9 Å². The van der Waals surface area contributed by atoms with E-state index in [-0.39, 0.29) is 0 Å². The number of hydrogen-bond donors (Lipinski definition) is 1. The van der Waals surface area contributed by atoms with E-state index in [1.807, 2.05) is 0 Å². The quantitative estimate of drug-likeness (QED) is 0.573. The monoisotopic (exact) mass is 169 g/mol. The molecule has 1 rings (SSSR count). The molecule has 1 aromatic rings. The van der Waals surface area contributed by atoms with Crippen LogP contribution in [0.4, 0.5) is 4.79 Å². The van der Waals surface area contributed by atoms with Gasteiger partial charge >= 0.3 is 6.03 Å². The van der Waals surface area contributed by atoms with Crippen molar-refractivity contribution in [2.24, 2.45) is 5.73 Å². The molecule has 1 aromatic heterocycles. The van der Waals surface area contributed by atoms with Gasteiger partial charge in [-0.15, -0.1) is 14.9 Å². The third-order valence-corrected chi connectivity index (χ3v) is 1.12. The van der Waals surface area contributed by atoms with E-state index >= 15 is 0 Å². The van der Waals surface area contributed by atoms with Crippen LogP contribution in [-0.4, -0.2) is 27.0 Å². The summed E-state index contributed by atoms with van der Waals surface area (Å²) in [6, 6.07) is -0.895. The van der Waals surface area contributed by atoms with Gasteiger partial charge in [-0.05, 0) is 5.21 Å². The zero-order chi connectivity index (χ0) is 9.14. The molecule has 0 saturated heterocycles. The molecule has 64 valence electrons. The Bertz CT molecular complexity index is 279. The van der Waals surface area contributed by atoms with Crippen molar-refractivity contribution in [1.82, 2.24) is 15.1 Å². The van der Waals surface area contributed by atoms with Crippen LogP contribution in [0.15, 0.2) is 12.4 Å². The van der Waals surface area contributed by atoms with E-state index in [1.54, 1.807) is 0 Å². The lowest BCUT2D eigenvalue weighted by atomic mass is 10.7. The molecule has 0 aromatic carbocycles. The Balaban J connectivity index is 2.96. The van der Waals surface area contributed by atoms with Gasteiger partial charge in [0.25, 0.3) is 0 Å². The molecule has 0 saturated carbocycles. The van der Waals surface area contributed by atoms with Crippen LogP contribution in [0.5, 0.6) is 0 Å². The van der Waals surface area contributed by atoms with Crippen LogP contribution in [-0.2, 0) is 4.79 Å². The van der Waals surface area contributed by atoms with Crippen LogP contribution in [0.25, 0.3) is 0 Å². The summed E-state index contributed by atoms with van der Waals surface area (Å²) in [4.78, 5) is 22.5. The number of aromatic nitrogens is 3. The largest absolute Gasteiger partial charge is 0.350 e. The van der Waals surface area contributed by atoms with Gasteiger partial charge in [0.1, 0.15) is 0 Å². The molecule has 7 nitrogen and oxygen atoms in total. The smallest absolute Gasteiger partial charge is 0.342 e. The molecule has 0 aliphatic rings. The fourth-order valence-corrected chi connectivity index (χ4v) is 0.709. The number of urea groups is 1. The Morgan fingerprint density at radius 2 is 2.25 bits per heavy atom. The van der Waals surface area contributed by atoms with Gasteiger partial charge in [0.2, 0.25) is 5.91 Å². The zero-order valence-electron chi connectivity index (χ0n) is 6.34. The fraction of sp³-hybridized carbons (Fsp3) is 0.200. The third kappa shape index (κ3) is 1.39. The Kier molecular flexibility index (Phi) is 2.04. The average Bonchev–Trinajstić information content (AvgIpc) is 2.37. The van der Waals surface area contributed by atoms with E-state index in [2.05, 4.69) is 10.3 Å². The molecule has 0 radical (unpaired) electrons. The summed E-state index contributed by atoms with van der Waals surface area (Å²) in [5.41, 5.74) is 4.91. The number of imide groups is 1. The van der Waals surface area contributed by atoms with Gasteiger partial charge in [0, 0.05) is 6.92 Å². The first-order valence-corrected chi connectivity index (χ1v) is 3.09. The summed E-state index contributed by atoms with van der Waals surface area (Å²) in [7, 11) is 0. The molecule has 7 heteroatoms. The number of amides is 3. The number of carbonyl (C=O) groups excluding carboxylic acids is 2. The molecule has 0 spiro atoms. The Labute approximate surface area is 67.7 Å². The van der Waals surface area contributed by atoms with Gasteiger partial charge in [0.05, 0.1) is 12.4 Å². The fourth-order valence-electron chi connectivity index (χ4n) is 0.709. The van der Waals surface area contributed by atoms with Crippen LogP contribution < -0.4 is 10.7 Å². The van der Waals surface area contributed by atoms with Crippen molar-refractivity contribution in [3.05, 3.63) is 12.4 Å². The first kappa shape index (κ1) is 8.18. The lowest BCUT2D eigenvalue weighted by Crippen LogP contribution is -2.47. The Morgan fingerprint density at radius 1 is 1.58 bits per heavy atom. The number of rotatable bonds is 1. The number of hydrogen-bond acceptors (Lipinski definition) is 4. The molecule has 0 bridgehead atoms. The first-order chi connectivity index (χ1) is 5.63. The molecule has 0 atom stereocenters. The van der Waals surface area contributed by atoms with Gasteiger partial charge in [-0.1, -0.05) is 0 Å². The van der Waals surface area contributed by atoms with E-state index < -0.39 is 11.9 Å². The van der Waals surface area contributed by atoms with Crippen LogP contribution in [0, 0.1) is 0 Å². The molecule has 0 fully saturated rings. The minimum atomic E-state index is -0.895. The number of carbonyl (C=O) groups is 2. The predicted molar refractivity (Wildman–Crippen MR) is 38.5 cm³/mol. The van der Waals surface area contributed by atoms with E-state index in [4.69, 9.17) is 5.73 Å². The minimum absolute atomic E-state index is 0.520. The first-order valence-electron chi connectivity index (χ1n) is 3.09. The molecule has 12 heavy (non-hydrogen) atoms. The lowest BCUT2D eigenvalue weighted by Gasteiger charge is -2.13. The predicted octanol–water partition coefficient (Wildman–Crippen LogP) is -1.16. The second-order valence-electron chi connectivity index (χ2n) is 1.99. The lowest BCUT2D eigenvalue weighted by molar-refractivity contribution is -0.117. The summed E-state index contributed by atoms with van der Waals surface area (Å²) < 4.78 is 0. The molecular formula is C5H7N5O2. The Hall–Kier alpha value is -1.92. The third-order valence-electron chi connectivity index (χ3n) is 1.12. The van der Waals surface area contributed by atoms with E-state index in [9.17, 15) is 9.59 Å². The standard InChI is InChI=1S/C5H7N5O2/c1-4(11)10(5(6)12)9-3-2-7-8-9/h2-3H,1H3,(H2,6,12). The van der Waals surface area contributed by atoms with E-state index in [0.717, 1.165) is 4.79 Å². The SMILES string of the molecule is CC(=O)N(C(N)=O)n1ccnn1. The number of nitrogens with two attached hydrogens (primary N) is 1. The van der Waals surface area contributed by atoms with Gasteiger partial charge < -0.3 is 5.73 Å². The highest BCUT2D eigenvalue weighted by Crippen LogP contribution is 1.87. The van der Waals surface area contributed by atoms with Crippen molar-refractivity contribution in [2.75, 3.05) is 5.01 Å². The molecule has 3 amide bonds. The maximum Gasteiger partial charge on any atom is 0.342 e. The summed E-state index contributed by atoms with van der Waals surface area (Å²) in [5, 5.41) is 7.51. The van der Waals surface area contributed by atoms with Gasteiger partial charge in [0.15, 0.2) is 0 Å². The van der Waals surface area contributed by atoms with Crippen LogP contribution in [0.3, 0.4) is 0 Å². The Morgan fingerprint density at radius 3 is 2.58 bits per heavy atom. The summed E-state index contributed by atoms with van der Waals surface area (Å²) in [5.74, 6) is -0.520. The summed E-state index contributed by atoms with van der Waals surface area (Å²) in [6.07, 6.45) is 2.67.